The molecule has 3 nitrogen and oxygen atoms in total. The van der Waals surface area contributed by atoms with Crippen molar-refractivity contribution in [1.29, 1.82) is 0 Å². The fourth-order valence-electron chi connectivity index (χ4n) is 5.60. The number of carbonyl (C=O) groups excluding carboxylic acids is 2. The van der Waals surface area contributed by atoms with Gasteiger partial charge in [0.15, 0.2) is 11.6 Å². The molecule has 0 aromatic heterocycles. The number of benzene rings is 2. The summed E-state index contributed by atoms with van der Waals surface area (Å²) < 4.78 is 0. The highest BCUT2D eigenvalue weighted by Gasteiger charge is 2.46. The molecule has 1 aliphatic heterocycles. The van der Waals surface area contributed by atoms with E-state index in [2.05, 4.69) is 69.4 Å². The van der Waals surface area contributed by atoms with Crippen molar-refractivity contribution < 1.29 is 9.59 Å². The molecule has 0 radical (unpaired) electrons. The van der Waals surface area contributed by atoms with Crippen molar-refractivity contribution in [2.45, 2.75) is 69.1 Å². The van der Waals surface area contributed by atoms with Gasteiger partial charge in [-0.05, 0) is 53.5 Å². The largest absolute Gasteiger partial charge is 0.362 e. The minimum atomic E-state index is -0.278. The molecule has 0 bridgehead atoms. The van der Waals surface area contributed by atoms with Gasteiger partial charge in [0.2, 0.25) is 0 Å². The molecule has 2 aliphatic carbocycles. The van der Waals surface area contributed by atoms with Gasteiger partial charge in [0, 0.05) is 51.1 Å². The minimum Gasteiger partial charge on any atom is -0.362 e. The summed E-state index contributed by atoms with van der Waals surface area (Å²) in [6.45, 7) is 8.62. The van der Waals surface area contributed by atoms with Crippen LogP contribution in [0, 0.1) is 10.8 Å². The second kappa shape index (κ2) is 8.02. The Bertz CT molecular complexity index is 1150. The molecule has 0 saturated carbocycles. The Balaban J connectivity index is 1.62. The third-order valence-corrected chi connectivity index (χ3v) is 7.89. The molecule has 0 spiro atoms. The third-order valence-electron chi connectivity index (χ3n) is 6.89. The van der Waals surface area contributed by atoms with E-state index in [4.69, 9.17) is 0 Å². The molecule has 170 valence electrons. The van der Waals surface area contributed by atoms with Crippen molar-refractivity contribution in [3.63, 3.8) is 0 Å². The summed E-state index contributed by atoms with van der Waals surface area (Å²) in [5.41, 5.74) is 4.54. The Kier molecular flexibility index (Phi) is 5.40. The number of allylic oxidation sites excluding steroid dienone is 4. The molecular weight excluding hydrogens is 426 g/mol. The smallest absolute Gasteiger partial charge is 0.162 e. The average Bonchev–Trinajstić information content (AvgIpc) is 2.71. The normalized spacial score (nSPS) is 22.1. The van der Waals surface area contributed by atoms with Crippen LogP contribution in [0.4, 0.5) is 0 Å². The molecule has 4 heteroatoms. The van der Waals surface area contributed by atoms with E-state index in [1.165, 1.54) is 4.90 Å². The first-order valence-electron chi connectivity index (χ1n) is 11.7. The van der Waals surface area contributed by atoms with E-state index in [1.807, 2.05) is 18.2 Å². The van der Waals surface area contributed by atoms with Crippen LogP contribution in [0.25, 0.3) is 0 Å². The molecule has 33 heavy (non-hydrogen) atoms. The number of Topliss-reactive ketones (excluding diaryl/α,β-unsaturated/α-hetero) is 2. The van der Waals surface area contributed by atoms with Crippen LogP contribution in [-0.4, -0.2) is 11.6 Å². The topological polar surface area (TPSA) is 46.2 Å². The van der Waals surface area contributed by atoms with Gasteiger partial charge >= 0.3 is 0 Å². The average molecular weight is 458 g/mol. The molecule has 0 saturated heterocycles. The number of ketones is 2. The maximum atomic E-state index is 13.5. The molecule has 0 atom stereocenters. The Hall–Kier alpha value is -2.59. The van der Waals surface area contributed by atoms with E-state index in [0.29, 0.717) is 12.8 Å². The predicted molar refractivity (Wildman–Crippen MR) is 133 cm³/mol. The summed E-state index contributed by atoms with van der Waals surface area (Å²) in [6.07, 6.45) is 2.69. The lowest BCUT2D eigenvalue weighted by Crippen LogP contribution is -2.42. The number of nitrogens with one attached hydrogen (secondary N) is 1. The van der Waals surface area contributed by atoms with E-state index in [1.54, 1.807) is 11.8 Å². The predicted octanol–water partition coefficient (Wildman–Crippen LogP) is 6.81. The molecule has 5 rings (SSSR count). The van der Waals surface area contributed by atoms with Crippen LogP contribution in [-0.2, 0) is 9.59 Å². The standard InChI is InChI=1S/C29H31NO2S/c1-28(2)14-21-26(23(31)16-28)25(27-22(30-21)15-29(3,4)17-24(27)32)18-9-8-12-20(13-18)33-19-10-6-5-7-11-19/h5-13,25,30H,14-17H2,1-4H3. The first-order valence-corrected chi connectivity index (χ1v) is 12.6. The highest BCUT2D eigenvalue weighted by Crippen LogP contribution is 2.51. The van der Waals surface area contributed by atoms with Gasteiger partial charge in [0.1, 0.15) is 0 Å². The number of rotatable bonds is 3. The van der Waals surface area contributed by atoms with Crippen LogP contribution in [0.1, 0.15) is 64.9 Å². The zero-order valence-corrected chi connectivity index (χ0v) is 20.6. The molecule has 1 heterocycles. The summed E-state index contributed by atoms with van der Waals surface area (Å²) in [5.74, 6) is 0.0628. The van der Waals surface area contributed by atoms with Crippen LogP contribution in [0.15, 0.2) is 86.9 Å². The van der Waals surface area contributed by atoms with Crippen LogP contribution >= 0.6 is 11.8 Å². The fourth-order valence-corrected chi connectivity index (χ4v) is 6.51. The van der Waals surface area contributed by atoms with Gasteiger partial charge in [-0.2, -0.15) is 0 Å². The van der Waals surface area contributed by atoms with Crippen molar-refractivity contribution in [2.75, 3.05) is 0 Å². The quantitative estimate of drug-likeness (QED) is 0.550. The summed E-state index contributed by atoms with van der Waals surface area (Å²) in [7, 11) is 0. The van der Waals surface area contributed by atoms with E-state index in [9.17, 15) is 9.59 Å². The SMILES string of the molecule is CC1(C)CC(=O)C2=C(C1)NC1=C(C(=O)CC(C)(C)C1)C2c1cccc(Sc2ccccc2)c1. The van der Waals surface area contributed by atoms with Crippen LogP contribution in [0.5, 0.6) is 0 Å². The highest BCUT2D eigenvalue weighted by molar-refractivity contribution is 7.99. The van der Waals surface area contributed by atoms with Crippen molar-refractivity contribution >= 4 is 23.3 Å². The molecule has 0 fully saturated rings. The van der Waals surface area contributed by atoms with Crippen molar-refractivity contribution in [2.24, 2.45) is 10.8 Å². The second-order valence-corrected chi connectivity index (χ2v) is 12.4. The van der Waals surface area contributed by atoms with E-state index in [0.717, 1.165) is 45.8 Å². The summed E-state index contributed by atoms with van der Waals surface area (Å²) in [5, 5.41) is 3.60. The van der Waals surface area contributed by atoms with Gasteiger partial charge < -0.3 is 5.32 Å². The highest BCUT2D eigenvalue weighted by atomic mass is 32.2. The molecule has 3 aliphatic rings. The Morgan fingerprint density at radius 3 is 1.85 bits per heavy atom. The van der Waals surface area contributed by atoms with Gasteiger partial charge in [-0.15, -0.1) is 0 Å². The van der Waals surface area contributed by atoms with Gasteiger partial charge in [-0.25, -0.2) is 0 Å². The van der Waals surface area contributed by atoms with Crippen molar-refractivity contribution in [3.05, 3.63) is 82.7 Å². The van der Waals surface area contributed by atoms with Gasteiger partial charge in [0.05, 0.1) is 0 Å². The van der Waals surface area contributed by atoms with Crippen LogP contribution < -0.4 is 5.32 Å². The van der Waals surface area contributed by atoms with Crippen LogP contribution in [0.3, 0.4) is 0 Å². The number of dihydropyridines is 1. The maximum Gasteiger partial charge on any atom is 0.162 e. The lowest BCUT2D eigenvalue weighted by molar-refractivity contribution is -0.119. The van der Waals surface area contributed by atoms with E-state index >= 15 is 0 Å². The maximum absolute atomic E-state index is 13.5. The molecule has 2 aromatic carbocycles. The first-order chi connectivity index (χ1) is 15.6. The summed E-state index contributed by atoms with van der Waals surface area (Å²) >= 11 is 1.71. The fraction of sp³-hybridized carbons (Fsp3) is 0.379. The number of hydrogen-bond donors (Lipinski definition) is 1. The zero-order valence-electron chi connectivity index (χ0n) is 19.8. The Morgan fingerprint density at radius 1 is 0.727 bits per heavy atom. The molecule has 2 aromatic rings. The number of hydrogen-bond acceptors (Lipinski definition) is 4. The lowest BCUT2D eigenvalue weighted by atomic mass is 9.64. The Morgan fingerprint density at radius 2 is 1.27 bits per heavy atom. The van der Waals surface area contributed by atoms with Gasteiger partial charge in [0.25, 0.3) is 0 Å². The van der Waals surface area contributed by atoms with Gasteiger partial charge in [-0.3, -0.25) is 9.59 Å². The van der Waals surface area contributed by atoms with E-state index < -0.39 is 0 Å². The summed E-state index contributed by atoms with van der Waals surface area (Å²) in [4.78, 5) is 29.2. The molecular formula is C29H31NO2S. The second-order valence-electron chi connectivity index (χ2n) is 11.2. The molecule has 0 amide bonds. The molecule has 1 N–H and O–H groups in total. The van der Waals surface area contributed by atoms with Crippen molar-refractivity contribution in [1.82, 2.24) is 5.32 Å². The Labute approximate surface area is 200 Å². The number of carbonyl (C=O) groups is 2. The summed E-state index contributed by atoms with van der Waals surface area (Å²) in [6, 6.07) is 18.7. The zero-order chi connectivity index (χ0) is 23.4. The van der Waals surface area contributed by atoms with Gasteiger partial charge in [-0.1, -0.05) is 69.8 Å². The van der Waals surface area contributed by atoms with Crippen molar-refractivity contribution in [3.8, 4) is 0 Å². The monoisotopic (exact) mass is 457 g/mol. The minimum absolute atomic E-state index is 0.0786. The van der Waals surface area contributed by atoms with Crippen LogP contribution in [0.2, 0.25) is 0 Å². The molecule has 0 unspecified atom stereocenters. The van der Waals surface area contributed by atoms with E-state index in [-0.39, 0.29) is 28.3 Å². The lowest BCUT2D eigenvalue weighted by Gasteiger charge is -2.44. The first kappa shape index (κ1) is 22.2. The third kappa shape index (κ3) is 4.33.